The van der Waals surface area contributed by atoms with Crippen molar-refractivity contribution in [2.75, 3.05) is 19.0 Å². The molecule has 0 bridgehead atoms. The van der Waals surface area contributed by atoms with E-state index in [-0.39, 0.29) is 17.7 Å². The van der Waals surface area contributed by atoms with Crippen LogP contribution in [0.1, 0.15) is 11.1 Å². The van der Waals surface area contributed by atoms with Crippen LogP contribution in [0.25, 0.3) is 6.08 Å². The molecule has 3 rings (SSSR count). The maximum atomic E-state index is 12.6. The van der Waals surface area contributed by atoms with Crippen LogP contribution in [0.5, 0.6) is 0 Å². The molecule has 0 radical (unpaired) electrons. The van der Waals surface area contributed by atoms with E-state index in [9.17, 15) is 9.59 Å². The number of rotatable bonds is 4. The standard InChI is InChI=1S/C19H16Br2N2O2S/c1-22(2)16-8-5-13(9-15(16)21)10-17-18(24)23(19(25)26-17)11-12-3-6-14(20)7-4-12/h3-10H,11H2,1-2H3/b17-10-. The Hall–Kier alpha value is -1.57. The summed E-state index contributed by atoms with van der Waals surface area (Å²) in [7, 11) is 3.93. The van der Waals surface area contributed by atoms with Crippen LogP contribution in [0, 0.1) is 0 Å². The molecule has 2 aromatic carbocycles. The van der Waals surface area contributed by atoms with Gasteiger partial charge < -0.3 is 4.90 Å². The van der Waals surface area contributed by atoms with E-state index in [4.69, 9.17) is 0 Å². The highest BCUT2D eigenvalue weighted by Gasteiger charge is 2.34. The zero-order valence-electron chi connectivity index (χ0n) is 14.2. The van der Waals surface area contributed by atoms with E-state index in [0.29, 0.717) is 4.91 Å². The fraction of sp³-hybridized carbons (Fsp3) is 0.158. The molecule has 0 aliphatic carbocycles. The number of anilines is 1. The molecule has 0 N–H and O–H groups in total. The molecule has 2 amide bonds. The number of imide groups is 1. The molecule has 1 fully saturated rings. The molecular formula is C19H16Br2N2O2S. The van der Waals surface area contributed by atoms with E-state index in [1.54, 1.807) is 6.08 Å². The van der Waals surface area contributed by atoms with Gasteiger partial charge in [0.1, 0.15) is 0 Å². The second kappa shape index (κ2) is 7.98. The number of carbonyl (C=O) groups excluding carboxylic acids is 2. The van der Waals surface area contributed by atoms with Gasteiger partial charge in [-0.3, -0.25) is 14.5 Å². The predicted octanol–water partition coefficient (Wildman–Crippen LogP) is 5.51. The molecule has 1 aliphatic rings. The SMILES string of the molecule is CN(C)c1ccc(/C=C2\SC(=O)N(Cc3ccc(Br)cc3)C2=O)cc1Br. The first kappa shape index (κ1) is 19.2. The highest BCUT2D eigenvalue weighted by Crippen LogP contribution is 2.34. The van der Waals surface area contributed by atoms with E-state index in [2.05, 4.69) is 31.9 Å². The van der Waals surface area contributed by atoms with Gasteiger partial charge in [0.05, 0.1) is 17.1 Å². The molecule has 0 spiro atoms. The van der Waals surface area contributed by atoms with Gasteiger partial charge in [-0.1, -0.05) is 34.1 Å². The first-order valence-electron chi connectivity index (χ1n) is 7.82. The van der Waals surface area contributed by atoms with Crippen molar-refractivity contribution in [1.82, 2.24) is 4.90 Å². The molecule has 7 heteroatoms. The molecule has 1 saturated heterocycles. The quantitative estimate of drug-likeness (QED) is 0.524. The third kappa shape index (κ3) is 4.22. The van der Waals surface area contributed by atoms with E-state index in [1.807, 2.05) is 61.5 Å². The minimum Gasteiger partial charge on any atom is -0.377 e. The molecule has 0 saturated carbocycles. The van der Waals surface area contributed by atoms with Crippen molar-refractivity contribution in [2.24, 2.45) is 0 Å². The van der Waals surface area contributed by atoms with Gasteiger partial charge in [0, 0.05) is 23.0 Å². The predicted molar refractivity (Wildman–Crippen MR) is 114 cm³/mol. The van der Waals surface area contributed by atoms with Gasteiger partial charge in [0.15, 0.2) is 0 Å². The summed E-state index contributed by atoms with van der Waals surface area (Å²) >= 11 is 7.90. The smallest absolute Gasteiger partial charge is 0.293 e. The van der Waals surface area contributed by atoms with Gasteiger partial charge in [-0.25, -0.2) is 0 Å². The van der Waals surface area contributed by atoms with E-state index >= 15 is 0 Å². The van der Waals surface area contributed by atoms with Crippen molar-refractivity contribution < 1.29 is 9.59 Å². The van der Waals surface area contributed by atoms with Crippen molar-refractivity contribution in [3.63, 3.8) is 0 Å². The average molecular weight is 496 g/mol. The van der Waals surface area contributed by atoms with E-state index < -0.39 is 0 Å². The Morgan fingerprint density at radius 2 is 1.77 bits per heavy atom. The van der Waals surface area contributed by atoms with Crippen LogP contribution in [-0.2, 0) is 11.3 Å². The van der Waals surface area contributed by atoms with Crippen LogP contribution in [0.2, 0.25) is 0 Å². The third-order valence-corrected chi connectivity index (χ3v) is 5.95. The lowest BCUT2D eigenvalue weighted by Gasteiger charge is -2.14. The van der Waals surface area contributed by atoms with Crippen molar-refractivity contribution in [1.29, 1.82) is 0 Å². The largest absolute Gasteiger partial charge is 0.377 e. The fourth-order valence-electron chi connectivity index (χ4n) is 2.54. The Bertz CT molecular complexity index is 895. The Morgan fingerprint density at radius 3 is 2.38 bits per heavy atom. The van der Waals surface area contributed by atoms with Crippen molar-refractivity contribution in [2.45, 2.75) is 6.54 Å². The van der Waals surface area contributed by atoms with Crippen LogP contribution < -0.4 is 4.90 Å². The minimum absolute atomic E-state index is 0.242. The maximum absolute atomic E-state index is 12.6. The normalized spacial score (nSPS) is 15.8. The van der Waals surface area contributed by atoms with Gasteiger partial charge >= 0.3 is 0 Å². The molecule has 1 aliphatic heterocycles. The summed E-state index contributed by atoms with van der Waals surface area (Å²) in [6, 6.07) is 13.4. The number of thioether (sulfide) groups is 1. The van der Waals surface area contributed by atoms with Gasteiger partial charge in [-0.2, -0.15) is 0 Å². The van der Waals surface area contributed by atoms with Crippen LogP contribution in [0.15, 0.2) is 56.3 Å². The summed E-state index contributed by atoms with van der Waals surface area (Å²) in [5, 5.41) is -0.242. The lowest BCUT2D eigenvalue weighted by molar-refractivity contribution is -0.123. The Balaban J connectivity index is 1.80. The summed E-state index contributed by atoms with van der Waals surface area (Å²) in [5.74, 6) is -0.254. The van der Waals surface area contributed by atoms with Crippen LogP contribution in [0.4, 0.5) is 10.5 Å². The van der Waals surface area contributed by atoms with Gasteiger partial charge in [0.25, 0.3) is 11.1 Å². The number of amides is 2. The Labute approximate surface area is 173 Å². The number of halogens is 2. The summed E-state index contributed by atoms with van der Waals surface area (Å²) in [5.41, 5.74) is 2.83. The molecule has 1 heterocycles. The lowest BCUT2D eigenvalue weighted by atomic mass is 10.1. The maximum Gasteiger partial charge on any atom is 0.293 e. The van der Waals surface area contributed by atoms with Crippen molar-refractivity contribution in [3.8, 4) is 0 Å². The molecule has 0 unspecified atom stereocenters. The number of hydrogen-bond donors (Lipinski definition) is 0. The van der Waals surface area contributed by atoms with Gasteiger partial charge in [0.2, 0.25) is 0 Å². The number of nitrogens with zero attached hydrogens (tertiary/aromatic N) is 2. The first-order valence-corrected chi connectivity index (χ1v) is 10.2. The zero-order chi connectivity index (χ0) is 18.8. The van der Waals surface area contributed by atoms with E-state index in [1.165, 1.54) is 4.90 Å². The number of carbonyl (C=O) groups is 2. The molecule has 0 atom stereocenters. The summed E-state index contributed by atoms with van der Waals surface area (Å²) in [4.78, 5) is 28.6. The molecule has 0 aromatic heterocycles. The minimum atomic E-state index is -0.254. The molecule has 26 heavy (non-hydrogen) atoms. The fourth-order valence-corrected chi connectivity index (χ4v) is 4.39. The highest BCUT2D eigenvalue weighted by molar-refractivity contribution is 9.10. The van der Waals surface area contributed by atoms with Gasteiger partial charge in [-0.15, -0.1) is 0 Å². The number of benzene rings is 2. The monoisotopic (exact) mass is 494 g/mol. The highest BCUT2D eigenvalue weighted by atomic mass is 79.9. The molecule has 4 nitrogen and oxygen atoms in total. The summed E-state index contributed by atoms with van der Waals surface area (Å²) in [6.45, 7) is 0.276. The van der Waals surface area contributed by atoms with Crippen molar-refractivity contribution in [3.05, 3.63) is 67.4 Å². The Morgan fingerprint density at radius 1 is 1.08 bits per heavy atom. The average Bonchev–Trinajstić information content (AvgIpc) is 2.84. The molecular weight excluding hydrogens is 480 g/mol. The Kier molecular flexibility index (Phi) is 5.89. The van der Waals surface area contributed by atoms with E-state index in [0.717, 1.165) is 37.5 Å². The second-order valence-corrected chi connectivity index (χ2v) is 8.76. The van der Waals surface area contributed by atoms with Crippen LogP contribution >= 0.6 is 43.6 Å². The third-order valence-electron chi connectivity index (χ3n) is 3.88. The molecule has 134 valence electrons. The topological polar surface area (TPSA) is 40.6 Å². The van der Waals surface area contributed by atoms with Crippen LogP contribution in [-0.4, -0.2) is 30.1 Å². The van der Waals surface area contributed by atoms with Crippen LogP contribution in [0.3, 0.4) is 0 Å². The number of hydrogen-bond acceptors (Lipinski definition) is 4. The van der Waals surface area contributed by atoms with Gasteiger partial charge in [-0.05, 0) is 69.2 Å². The summed E-state index contributed by atoms with van der Waals surface area (Å²) < 4.78 is 1.90. The molecule has 2 aromatic rings. The summed E-state index contributed by atoms with van der Waals surface area (Å²) in [6.07, 6.45) is 1.76. The van der Waals surface area contributed by atoms with Crippen molar-refractivity contribution >= 4 is 66.5 Å². The lowest BCUT2D eigenvalue weighted by Crippen LogP contribution is -2.27. The first-order chi connectivity index (χ1) is 12.3. The second-order valence-electron chi connectivity index (χ2n) is 6.00. The zero-order valence-corrected chi connectivity index (χ0v) is 18.2.